The summed E-state index contributed by atoms with van der Waals surface area (Å²) in [4.78, 5) is 44.0. The highest BCUT2D eigenvalue weighted by atomic mass is 16.2. The van der Waals surface area contributed by atoms with Gasteiger partial charge in [0.1, 0.15) is 12.1 Å². The zero-order valence-electron chi connectivity index (χ0n) is 8.91. The van der Waals surface area contributed by atoms with Crippen LogP contribution in [0.5, 0.6) is 0 Å². The van der Waals surface area contributed by atoms with Crippen LogP contribution < -0.4 is 21.3 Å². The molecule has 0 bridgehead atoms. The standard InChI is InChI=1S/C9H12N4O4/c14-6-4(10-8(16)12-6)2-1-3-5-7(15)13-9(17)11-5/h4-5H,1-3H2,(H2,10,12,14,16)(H2,11,13,15,17). The predicted molar refractivity (Wildman–Crippen MR) is 54.8 cm³/mol. The van der Waals surface area contributed by atoms with Gasteiger partial charge >= 0.3 is 12.1 Å². The fourth-order valence-corrected chi connectivity index (χ4v) is 1.85. The van der Waals surface area contributed by atoms with Gasteiger partial charge in [-0.1, -0.05) is 0 Å². The van der Waals surface area contributed by atoms with Crippen molar-refractivity contribution in [2.45, 2.75) is 31.3 Å². The maximum absolute atomic E-state index is 11.2. The van der Waals surface area contributed by atoms with E-state index in [2.05, 4.69) is 21.3 Å². The van der Waals surface area contributed by atoms with Gasteiger partial charge in [0.05, 0.1) is 0 Å². The van der Waals surface area contributed by atoms with E-state index in [0.29, 0.717) is 19.3 Å². The fraction of sp³-hybridized carbons (Fsp3) is 0.556. The van der Waals surface area contributed by atoms with E-state index in [4.69, 9.17) is 0 Å². The summed E-state index contributed by atoms with van der Waals surface area (Å²) in [5.74, 6) is -0.704. The van der Waals surface area contributed by atoms with E-state index in [9.17, 15) is 19.2 Å². The summed E-state index contributed by atoms with van der Waals surface area (Å²) >= 11 is 0. The predicted octanol–water partition coefficient (Wildman–Crippen LogP) is -1.43. The van der Waals surface area contributed by atoms with Gasteiger partial charge in [-0.25, -0.2) is 9.59 Å². The lowest BCUT2D eigenvalue weighted by molar-refractivity contribution is -0.120. The molecule has 0 aliphatic carbocycles. The van der Waals surface area contributed by atoms with Crippen LogP contribution >= 0.6 is 0 Å². The SMILES string of the molecule is O=C1NC(=O)C(CCCC2NC(=O)NC2=O)N1. The molecule has 2 aliphatic heterocycles. The third-order valence-electron chi connectivity index (χ3n) is 2.70. The Morgan fingerprint density at radius 1 is 0.765 bits per heavy atom. The highest BCUT2D eigenvalue weighted by molar-refractivity contribution is 6.04. The van der Waals surface area contributed by atoms with Crippen molar-refractivity contribution in [3.05, 3.63) is 0 Å². The van der Waals surface area contributed by atoms with E-state index in [0.717, 1.165) is 0 Å². The first-order chi connectivity index (χ1) is 8.06. The van der Waals surface area contributed by atoms with Crippen LogP contribution in [0.3, 0.4) is 0 Å². The first-order valence-corrected chi connectivity index (χ1v) is 5.29. The molecule has 17 heavy (non-hydrogen) atoms. The van der Waals surface area contributed by atoms with Crippen LogP contribution in [0.25, 0.3) is 0 Å². The first kappa shape index (κ1) is 11.4. The highest BCUT2D eigenvalue weighted by Crippen LogP contribution is 2.09. The molecule has 8 heteroatoms. The number of rotatable bonds is 4. The van der Waals surface area contributed by atoms with Gasteiger partial charge < -0.3 is 10.6 Å². The molecule has 2 aliphatic rings. The third-order valence-corrected chi connectivity index (χ3v) is 2.70. The summed E-state index contributed by atoms with van der Waals surface area (Å²) in [5.41, 5.74) is 0. The van der Waals surface area contributed by atoms with Crippen LogP contribution in [-0.4, -0.2) is 36.0 Å². The Kier molecular flexibility index (Phi) is 2.94. The largest absolute Gasteiger partial charge is 0.326 e. The Morgan fingerprint density at radius 3 is 1.47 bits per heavy atom. The average Bonchev–Trinajstić information content (AvgIpc) is 2.71. The van der Waals surface area contributed by atoms with Gasteiger partial charge in [0.2, 0.25) is 0 Å². The molecule has 0 aromatic rings. The van der Waals surface area contributed by atoms with Crippen LogP contribution in [0.4, 0.5) is 9.59 Å². The van der Waals surface area contributed by atoms with Gasteiger partial charge in [-0.3, -0.25) is 20.2 Å². The summed E-state index contributed by atoms with van der Waals surface area (Å²) in [6.07, 6.45) is 1.44. The third kappa shape index (κ3) is 2.52. The Labute approximate surface area is 96.5 Å². The second-order valence-corrected chi connectivity index (χ2v) is 3.96. The van der Waals surface area contributed by atoms with E-state index in [1.165, 1.54) is 0 Å². The molecule has 0 saturated carbocycles. The van der Waals surface area contributed by atoms with Crippen molar-refractivity contribution in [2.24, 2.45) is 0 Å². The molecule has 2 rings (SSSR count). The van der Waals surface area contributed by atoms with E-state index in [-0.39, 0.29) is 11.8 Å². The monoisotopic (exact) mass is 240 g/mol. The van der Waals surface area contributed by atoms with Gasteiger partial charge in [0.15, 0.2) is 0 Å². The molecule has 0 spiro atoms. The molecule has 92 valence electrons. The molecule has 6 amide bonds. The summed E-state index contributed by atoms with van der Waals surface area (Å²) in [6.45, 7) is 0. The molecule has 8 nitrogen and oxygen atoms in total. The minimum atomic E-state index is -0.539. The lowest BCUT2D eigenvalue weighted by Crippen LogP contribution is -2.31. The van der Waals surface area contributed by atoms with Gasteiger partial charge in [0, 0.05) is 0 Å². The van der Waals surface area contributed by atoms with E-state index in [1.807, 2.05) is 0 Å². The minimum Gasteiger partial charge on any atom is -0.326 e. The average molecular weight is 240 g/mol. The topological polar surface area (TPSA) is 116 Å². The molecular weight excluding hydrogens is 228 g/mol. The normalized spacial score (nSPS) is 27.5. The number of urea groups is 2. The molecule has 4 N–H and O–H groups in total. The number of amides is 6. The number of hydrogen-bond acceptors (Lipinski definition) is 4. The Hall–Kier alpha value is -2.12. The Bertz CT molecular complexity index is 358. The fourth-order valence-electron chi connectivity index (χ4n) is 1.85. The van der Waals surface area contributed by atoms with Gasteiger partial charge in [-0.15, -0.1) is 0 Å². The highest BCUT2D eigenvalue weighted by Gasteiger charge is 2.31. The molecule has 0 radical (unpaired) electrons. The van der Waals surface area contributed by atoms with Crippen LogP contribution in [-0.2, 0) is 9.59 Å². The second kappa shape index (κ2) is 4.40. The summed E-state index contributed by atoms with van der Waals surface area (Å²) in [6, 6.07) is -2.07. The molecular formula is C9H12N4O4. The molecule has 2 fully saturated rings. The summed E-state index contributed by atoms with van der Waals surface area (Å²) in [7, 11) is 0. The van der Waals surface area contributed by atoms with Crippen LogP contribution in [0, 0.1) is 0 Å². The van der Waals surface area contributed by atoms with Crippen molar-refractivity contribution in [1.82, 2.24) is 21.3 Å². The number of carbonyl (C=O) groups excluding carboxylic acids is 4. The molecule has 2 heterocycles. The molecule has 0 aromatic carbocycles. The van der Waals surface area contributed by atoms with Gasteiger partial charge in [-0.05, 0) is 19.3 Å². The number of imide groups is 2. The molecule has 2 atom stereocenters. The molecule has 2 saturated heterocycles. The van der Waals surface area contributed by atoms with Crippen LogP contribution in [0.2, 0.25) is 0 Å². The van der Waals surface area contributed by atoms with Crippen molar-refractivity contribution in [3.8, 4) is 0 Å². The quantitative estimate of drug-likeness (QED) is 0.451. The van der Waals surface area contributed by atoms with Crippen LogP contribution in [0.1, 0.15) is 19.3 Å². The van der Waals surface area contributed by atoms with E-state index in [1.54, 1.807) is 0 Å². The van der Waals surface area contributed by atoms with E-state index < -0.39 is 24.1 Å². The zero-order valence-corrected chi connectivity index (χ0v) is 8.91. The lowest BCUT2D eigenvalue weighted by atomic mass is 10.1. The minimum absolute atomic E-state index is 0.352. The maximum Gasteiger partial charge on any atom is 0.322 e. The smallest absolute Gasteiger partial charge is 0.322 e. The summed E-state index contributed by atoms with van der Waals surface area (Å²) in [5, 5.41) is 9.17. The molecule has 0 aromatic heterocycles. The van der Waals surface area contributed by atoms with Gasteiger partial charge in [-0.2, -0.15) is 0 Å². The Balaban J connectivity index is 1.73. The van der Waals surface area contributed by atoms with Crippen molar-refractivity contribution >= 4 is 23.9 Å². The number of hydrogen-bond donors (Lipinski definition) is 4. The number of carbonyl (C=O) groups is 4. The van der Waals surface area contributed by atoms with E-state index >= 15 is 0 Å². The van der Waals surface area contributed by atoms with Crippen molar-refractivity contribution < 1.29 is 19.2 Å². The first-order valence-electron chi connectivity index (χ1n) is 5.29. The summed E-state index contributed by atoms with van der Waals surface area (Å²) < 4.78 is 0. The van der Waals surface area contributed by atoms with Crippen LogP contribution in [0.15, 0.2) is 0 Å². The Morgan fingerprint density at radius 2 is 1.18 bits per heavy atom. The maximum atomic E-state index is 11.2. The zero-order chi connectivity index (χ0) is 12.4. The second-order valence-electron chi connectivity index (χ2n) is 3.96. The molecule has 2 unspecified atom stereocenters. The lowest BCUT2D eigenvalue weighted by Gasteiger charge is -2.09. The van der Waals surface area contributed by atoms with Gasteiger partial charge in [0.25, 0.3) is 11.8 Å². The van der Waals surface area contributed by atoms with Crippen molar-refractivity contribution in [3.63, 3.8) is 0 Å². The van der Waals surface area contributed by atoms with Crippen molar-refractivity contribution in [2.75, 3.05) is 0 Å². The van der Waals surface area contributed by atoms with Crippen molar-refractivity contribution in [1.29, 1.82) is 0 Å². The number of nitrogens with one attached hydrogen (secondary N) is 4.